The molecule has 1 aromatic rings. The summed E-state index contributed by atoms with van der Waals surface area (Å²) in [6.45, 7) is 6.83. The van der Waals surface area contributed by atoms with Gasteiger partial charge in [-0.3, -0.25) is 4.79 Å². The van der Waals surface area contributed by atoms with Gasteiger partial charge in [0.25, 0.3) is 0 Å². The molecule has 1 saturated carbocycles. The Morgan fingerprint density at radius 2 is 2.17 bits per heavy atom. The Morgan fingerprint density at radius 1 is 1.39 bits per heavy atom. The molecule has 1 N–H and O–H groups in total. The summed E-state index contributed by atoms with van der Waals surface area (Å²) in [6, 6.07) is 1.99. The predicted octanol–water partition coefficient (Wildman–Crippen LogP) is 5.08. The van der Waals surface area contributed by atoms with Crippen molar-refractivity contribution in [1.82, 2.24) is 0 Å². The second-order valence-corrected chi connectivity index (χ2v) is 8.00. The summed E-state index contributed by atoms with van der Waals surface area (Å²) in [5.41, 5.74) is 2.64. The van der Waals surface area contributed by atoms with Gasteiger partial charge in [0.15, 0.2) is 0 Å². The minimum Gasteiger partial charge on any atom is -0.481 e. The lowest BCUT2D eigenvalue weighted by molar-refractivity contribution is -0.156. The fourth-order valence-electron chi connectivity index (χ4n) is 5.34. The van der Waals surface area contributed by atoms with Crippen LogP contribution in [0.2, 0.25) is 0 Å². The van der Waals surface area contributed by atoms with Crippen molar-refractivity contribution in [2.45, 2.75) is 59.3 Å². The standard InChI is InChI=1S/C20H28O3/c1-14-5-4-6-17-19(14,2)11-8-16(18(21)22)20(17,3)10-7-15-9-12-23-13-15/h5,9,12-13,16-17H,4,6-8,10-11H2,1-3H3,(H,21,22)/t16-,17-,19-,20-/m1/s1. The van der Waals surface area contributed by atoms with Crippen LogP contribution in [0.25, 0.3) is 0 Å². The first-order valence-electron chi connectivity index (χ1n) is 8.79. The lowest BCUT2D eigenvalue weighted by atomic mass is 9.46. The SMILES string of the molecule is CC1=CCC[C@H]2[C@](C)(CCc3ccoc3)[C@@H](C(=O)O)CC[C@]12C. The van der Waals surface area contributed by atoms with E-state index in [1.807, 2.05) is 6.07 Å². The van der Waals surface area contributed by atoms with Crippen molar-refractivity contribution in [2.24, 2.45) is 22.7 Å². The number of carboxylic acid groups (broad SMARTS) is 1. The third kappa shape index (κ3) is 2.64. The molecule has 0 bridgehead atoms. The van der Waals surface area contributed by atoms with Gasteiger partial charge in [-0.2, -0.15) is 0 Å². The van der Waals surface area contributed by atoms with E-state index in [4.69, 9.17) is 4.42 Å². The number of aliphatic carboxylic acids is 1. The van der Waals surface area contributed by atoms with Crippen LogP contribution in [0, 0.1) is 22.7 Å². The molecule has 1 aromatic heterocycles. The number of fused-ring (bicyclic) bond motifs is 1. The second kappa shape index (κ2) is 5.85. The molecule has 4 atom stereocenters. The molecular weight excluding hydrogens is 288 g/mol. The van der Waals surface area contributed by atoms with Crippen LogP contribution in [-0.2, 0) is 11.2 Å². The molecule has 0 unspecified atom stereocenters. The minimum atomic E-state index is -0.617. The van der Waals surface area contributed by atoms with Gasteiger partial charge < -0.3 is 9.52 Å². The number of carbonyl (C=O) groups is 1. The van der Waals surface area contributed by atoms with E-state index in [9.17, 15) is 9.90 Å². The maximum atomic E-state index is 12.0. The molecular formula is C20H28O3. The highest BCUT2D eigenvalue weighted by Crippen LogP contribution is 2.61. The van der Waals surface area contributed by atoms with Gasteiger partial charge in [0.05, 0.1) is 18.4 Å². The smallest absolute Gasteiger partial charge is 0.307 e. The van der Waals surface area contributed by atoms with Crippen LogP contribution >= 0.6 is 0 Å². The third-order valence-corrected chi connectivity index (χ3v) is 6.95. The molecule has 2 aliphatic carbocycles. The number of aryl methyl sites for hydroxylation is 1. The van der Waals surface area contributed by atoms with Crippen molar-refractivity contribution in [3.05, 3.63) is 35.8 Å². The van der Waals surface area contributed by atoms with E-state index in [-0.39, 0.29) is 16.7 Å². The second-order valence-electron chi connectivity index (χ2n) is 8.00. The van der Waals surface area contributed by atoms with Gasteiger partial charge in [-0.25, -0.2) is 0 Å². The molecule has 3 rings (SSSR count). The van der Waals surface area contributed by atoms with Crippen molar-refractivity contribution in [3.63, 3.8) is 0 Å². The monoisotopic (exact) mass is 316 g/mol. The highest BCUT2D eigenvalue weighted by molar-refractivity contribution is 5.71. The zero-order valence-electron chi connectivity index (χ0n) is 14.5. The van der Waals surface area contributed by atoms with E-state index in [2.05, 4.69) is 26.8 Å². The van der Waals surface area contributed by atoms with Gasteiger partial charge >= 0.3 is 5.97 Å². The summed E-state index contributed by atoms with van der Waals surface area (Å²) in [6.07, 6.45) is 11.6. The Hall–Kier alpha value is -1.51. The first kappa shape index (κ1) is 16.4. The molecule has 23 heavy (non-hydrogen) atoms. The van der Waals surface area contributed by atoms with E-state index in [0.29, 0.717) is 5.92 Å². The molecule has 3 heteroatoms. The van der Waals surface area contributed by atoms with Crippen LogP contribution in [0.3, 0.4) is 0 Å². The molecule has 1 fully saturated rings. The number of furan rings is 1. The topological polar surface area (TPSA) is 50.4 Å². The van der Waals surface area contributed by atoms with E-state index in [1.54, 1.807) is 12.5 Å². The maximum absolute atomic E-state index is 12.0. The van der Waals surface area contributed by atoms with E-state index >= 15 is 0 Å². The average Bonchev–Trinajstić information content (AvgIpc) is 3.01. The van der Waals surface area contributed by atoms with Crippen molar-refractivity contribution in [2.75, 3.05) is 0 Å². The van der Waals surface area contributed by atoms with Crippen LogP contribution in [-0.4, -0.2) is 11.1 Å². The fourth-order valence-corrected chi connectivity index (χ4v) is 5.34. The maximum Gasteiger partial charge on any atom is 0.307 e. The molecule has 3 nitrogen and oxygen atoms in total. The Bertz CT molecular complexity index is 600. The highest BCUT2D eigenvalue weighted by atomic mass is 16.4. The quantitative estimate of drug-likeness (QED) is 0.788. The summed E-state index contributed by atoms with van der Waals surface area (Å²) < 4.78 is 5.18. The number of hydrogen-bond acceptors (Lipinski definition) is 2. The highest BCUT2D eigenvalue weighted by Gasteiger charge is 2.56. The summed E-state index contributed by atoms with van der Waals surface area (Å²) in [4.78, 5) is 12.0. The van der Waals surface area contributed by atoms with Gasteiger partial charge in [0.1, 0.15) is 0 Å². The van der Waals surface area contributed by atoms with E-state index < -0.39 is 5.97 Å². The van der Waals surface area contributed by atoms with Crippen LogP contribution in [0.15, 0.2) is 34.7 Å². The molecule has 2 aliphatic rings. The zero-order valence-corrected chi connectivity index (χ0v) is 14.5. The van der Waals surface area contributed by atoms with Crippen LogP contribution in [0.5, 0.6) is 0 Å². The van der Waals surface area contributed by atoms with Crippen molar-refractivity contribution >= 4 is 5.97 Å². The van der Waals surface area contributed by atoms with Gasteiger partial charge in [0, 0.05) is 0 Å². The Balaban J connectivity index is 1.93. The summed E-state index contributed by atoms with van der Waals surface area (Å²) >= 11 is 0. The molecule has 0 radical (unpaired) electrons. The van der Waals surface area contributed by atoms with Gasteiger partial charge in [-0.05, 0) is 73.8 Å². The van der Waals surface area contributed by atoms with Crippen LogP contribution in [0.1, 0.15) is 58.4 Å². The minimum absolute atomic E-state index is 0.161. The van der Waals surface area contributed by atoms with Crippen molar-refractivity contribution in [1.29, 1.82) is 0 Å². The Morgan fingerprint density at radius 3 is 2.83 bits per heavy atom. The van der Waals surface area contributed by atoms with Crippen molar-refractivity contribution < 1.29 is 14.3 Å². The van der Waals surface area contributed by atoms with Gasteiger partial charge in [0.2, 0.25) is 0 Å². The number of hydrogen-bond donors (Lipinski definition) is 1. The largest absolute Gasteiger partial charge is 0.481 e. The molecule has 126 valence electrons. The van der Waals surface area contributed by atoms with Gasteiger partial charge in [-0.15, -0.1) is 0 Å². The van der Waals surface area contributed by atoms with Gasteiger partial charge in [-0.1, -0.05) is 25.5 Å². The third-order valence-electron chi connectivity index (χ3n) is 6.95. The van der Waals surface area contributed by atoms with E-state index in [1.165, 1.54) is 11.1 Å². The Kier molecular flexibility index (Phi) is 4.16. The zero-order chi connectivity index (χ0) is 16.7. The van der Waals surface area contributed by atoms with Crippen molar-refractivity contribution in [3.8, 4) is 0 Å². The number of allylic oxidation sites excluding steroid dienone is 2. The predicted molar refractivity (Wildman–Crippen MR) is 90.1 cm³/mol. The lowest BCUT2D eigenvalue weighted by Crippen LogP contribution is -2.52. The number of rotatable bonds is 4. The van der Waals surface area contributed by atoms with Crippen LogP contribution < -0.4 is 0 Å². The molecule has 0 spiro atoms. The molecule has 0 aliphatic heterocycles. The first-order chi connectivity index (χ1) is 10.9. The van der Waals surface area contributed by atoms with E-state index in [0.717, 1.165) is 38.5 Å². The van der Waals surface area contributed by atoms with Crippen LogP contribution in [0.4, 0.5) is 0 Å². The Labute approximate surface area is 138 Å². The average molecular weight is 316 g/mol. The number of carboxylic acids is 1. The normalized spacial score (nSPS) is 37.1. The molecule has 0 aromatic carbocycles. The first-order valence-corrected chi connectivity index (χ1v) is 8.79. The summed E-state index contributed by atoms with van der Waals surface area (Å²) in [7, 11) is 0. The lowest BCUT2D eigenvalue weighted by Gasteiger charge is -2.57. The molecule has 0 amide bonds. The fraction of sp³-hybridized carbons (Fsp3) is 0.650. The summed E-state index contributed by atoms with van der Waals surface area (Å²) in [5.74, 6) is -0.408. The summed E-state index contributed by atoms with van der Waals surface area (Å²) in [5, 5.41) is 9.84. The molecule has 1 heterocycles. The molecule has 0 saturated heterocycles.